The number of aryl methyl sites for hydroxylation is 1. The lowest BCUT2D eigenvalue weighted by Crippen LogP contribution is -2.03. The molecule has 3 heteroatoms. The minimum absolute atomic E-state index is 0.667. The van der Waals surface area contributed by atoms with Gasteiger partial charge in [-0.2, -0.15) is 0 Å². The van der Waals surface area contributed by atoms with Crippen molar-refractivity contribution in [1.29, 1.82) is 0 Å². The number of carbonyl (C=O) groups is 1. The lowest BCUT2D eigenvalue weighted by atomic mass is 10.3. The smallest absolute Gasteiger partial charge is 0.166 e. The molecule has 0 aliphatic rings. The lowest BCUT2D eigenvalue weighted by molar-refractivity contribution is 0.111. The first-order valence-electron chi connectivity index (χ1n) is 4.93. The van der Waals surface area contributed by atoms with E-state index in [2.05, 4.69) is 11.9 Å². The molecule has 3 nitrogen and oxygen atoms in total. The Morgan fingerprint density at radius 3 is 2.87 bits per heavy atom. The van der Waals surface area contributed by atoms with Crippen LogP contribution >= 0.6 is 0 Å². The van der Waals surface area contributed by atoms with Crippen LogP contribution in [0.3, 0.4) is 0 Å². The fraction of sp³-hybridized carbons (Fsp3) is 0.167. The van der Waals surface area contributed by atoms with Gasteiger partial charge < -0.3 is 4.57 Å². The Morgan fingerprint density at radius 2 is 2.27 bits per heavy atom. The van der Waals surface area contributed by atoms with Gasteiger partial charge in [0.15, 0.2) is 6.29 Å². The van der Waals surface area contributed by atoms with Gasteiger partial charge in [0, 0.05) is 11.9 Å². The highest BCUT2D eigenvalue weighted by atomic mass is 16.1. The fourth-order valence-corrected chi connectivity index (χ4v) is 1.67. The Morgan fingerprint density at radius 1 is 1.40 bits per heavy atom. The normalized spacial score (nSPS) is 10.2. The van der Waals surface area contributed by atoms with Crippen LogP contribution in [0.15, 0.2) is 36.7 Å². The molecule has 0 aliphatic heterocycles. The van der Waals surface area contributed by atoms with Crippen LogP contribution in [0.5, 0.6) is 0 Å². The quantitative estimate of drug-likeness (QED) is 0.712. The molecular formula is C12H12N2O. The van der Waals surface area contributed by atoms with E-state index >= 15 is 0 Å². The van der Waals surface area contributed by atoms with Gasteiger partial charge in [-0.15, -0.1) is 0 Å². The average molecular weight is 200 g/mol. The van der Waals surface area contributed by atoms with Gasteiger partial charge in [0.1, 0.15) is 0 Å². The van der Waals surface area contributed by atoms with E-state index in [1.165, 1.54) is 0 Å². The summed E-state index contributed by atoms with van der Waals surface area (Å²) < 4.78 is 1.93. The van der Waals surface area contributed by atoms with Gasteiger partial charge in [-0.3, -0.25) is 9.78 Å². The molecule has 0 saturated carbocycles. The maximum absolute atomic E-state index is 10.9. The molecule has 15 heavy (non-hydrogen) atoms. The van der Waals surface area contributed by atoms with E-state index in [0.29, 0.717) is 5.69 Å². The Kier molecular flexibility index (Phi) is 2.63. The van der Waals surface area contributed by atoms with Crippen LogP contribution < -0.4 is 0 Å². The second-order valence-electron chi connectivity index (χ2n) is 3.27. The predicted octanol–water partition coefficient (Wildman–Crippen LogP) is 2.25. The van der Waals surface area contributed by atoms with Crippen LogP contribution in [0.1, 0.15) is 23.1 Å². The Hall–Kier alpha value is -1.90. The zero-order valence-electron chi connectivity index (χ0n) is 8.55. The van der Waals surface area contributed by atoms with Gasteiger partial charge in [-0.05, 0) is 30.7 Å². The van der Waals surface area contributed by atoms with Crippen molar-refractivity contribution in [3.63, 3.8) is 0 Å². The molecule has 2 rings (SSSR count). The number of rotatable bonds is 3. The van der Waals surface area contributed by atoms with Crippen molar-refractivity contribution in [2.45, 2.75) is 13.3 Å². The minimum Gasteiger partial charge on any atom is -0.310 e. The Bertz CT molecular complexity index is 460. The number of hydrogen-bond acceptors (Lipinski definition) is 2. The maximum Gasteiger partial charge on any atom is 0.166 e. The van der Waals surface area contributed by atoms with E-state index in [4.69, 9.17) is 0 Å². The first kappa shape index (κ1) is 9.65. The first-order valence-corrected chi connectivity index (χ1v) is 4.93. The maximum atomic E-state index is 10.9. The Labute approximate surface area is 88.4 Å². The number of aldehydes is 1. The summed E-state index contributed by atoms with van der Waals surface area (Å²) in [6.07, 6.45) is 5.24. The largest absolute Gasteiger partial charge is 0.310 e. The van der Waals surface area contributed by atoms with Crippen molar-refractivity contribution >= 4 is 6.29 Å². The van der Waals surface area contributed by atoms with Crippen LogP contribution in [0.2, 0.25) is 0 Å². The summed E-state index contributed by atoms with van der Waals surface area (Å²) in [6, 6.07) is 7.61. The monoisotopic (exact) mass is 200 g/mol. The molecule has 2 aromatic rings. The van der Waals surface area contributed by atoms with Crippen molar-refractivity contribution in [3.8, 4) is 5.69 Å². The summed E-state index contributed by atoms with van der Waals surface area (Å²) in [4.78, 5) is 14.9. The zero-order chi connectivity index (χ0) is 10.7. The molecule has 0 spiro atoms. The van der Waals surface area contributed by atoms with E-state index in [1.54, 1.807) is 12.4 Å². The number of aromatic nitrogens is 2. The summed E-state index contributed by atoms with van der Waals surface area (Å²) in [5, 5.41) is 0. The molecule has 0 aliphatic carbocycles. The summed E-state index contributed by atoms with van der Waals surface area (Å²) in [7, 11) is 0. The standard InChI is InChI=1S/C12H12N2O/c1-2-10-5-6-12(9-15)14(10)11-4-3-7-13-8-11/h3-9H,2H2,1H3. The molecule has 0 amide bonds. The number of hydrogen-bond donors (Lipinski definition) is 0. The summed E-state index contributed by atoms with van der Waals surface area (Å²) in [6.45, 7) is 2.07. The van der Waals surface area contributed by atoms with Gasteiger partial charge in [0.25, 0.3) is 0 Å². The number of nitrogens with zero attached hydrogens (tertiary/aromatic N) is 2. The van der Waals surface area contributed by atoms with Gasteiger partial charge >= 0.3 is 0 Å². The molecule has 0 unspecified atom stereocenters. The topological polar surface area (TPSA) is 34.9 Å². The molecule has 0 aromatic carbocycles. The molecule has 76 valence electrons. The zero-order valence-corrected chi connectivity index (χ0v) is 8.55. The summed E-state index contributed by atoms with van der Waals surface area (Å²) in [5.74, 6) is 0. The second-order valence-corrected chi connectivity index (χ2v) is 3.27. The third kappa shape index (κ3) is 1.68. The van der Waals surface area contributed by atoms with Crippen molar-refractivity contribution in [1.82, 2.24) is 9.55 Å². The molecule has 0 bridgehead atoms. The second kappa shape index (κ2) is 4.09. The predicted molar refractivity (Wildman–Crippen MR) is 58.3 cm³/mol. The van der Waals surface area contributed by atoms with E-state index in [-0.39, 0.29) is 0 Å². The van der Waals surface area contributed by atoms with Crippen LogP contribution in [0, 0.1) is 0 Å². The molecular weight excluding hydrogens is 188 g/mol. The van der Waals surface area contributed by atoms with E-state index < -0.39 is 0 Å². The van der Waals surface area contributed by atoms with Gasteiger partial charge in [-0.25, -0.2) is 0 Å². The van der Waals surface area contributed by atoms with Crippen LogP contribution in [0.4, 0.5) is 0 Å². The van der Waals surface area contributed by atoms with Gasteiger partial charge in [0.05, 0.1) is 17.6 Å². The third-order valence-electron chi connectivity index (χ3n) is 2.38. The molecule has 2 heterocycles. The summed E-state index contributed by atoms with van der Waals surface area (Å²) >= 11 is 0. The third-order valence-corrected chi connectivity index (χ3v) is 2.38. The van der Waals surface area contributed by atoms with E-state index in [0.717, 1.165) is 24.1 Å². The molecule has 0 N–H and O–H groups in total. The Balaban J connectivity index is 2.59. The van der Waals surface area contributed by atoms with Gasteiger partial charge in [0.2, 0.25) is 0 Å². The van der Waals surface area contributed by atoms with Crippen LogP contribution in [0.25, 0.3) is 5.69 Å². The minimum atomic E-state index is 0.667. The molecule has 0 radical (unpaired) electrons. The highest BCUT2D eigenvalue weighted by molar-refractivity contribution is 5.74. The van der Waals surface area contributed by atoms with Crippen molar-refractivity contribution in [2.75, 3.05) is 0 Å². The lowest BCUT2D eigenvalue weighted by Gasteiger charge is -2.08. The van der Waals surface area contributed by atoms with E-state index in [1.807, 2.05) is 28.8 Å². The molecule has 2 aromatic heterocycles. The van der Waals surface area contributed by atoms with Crippen LogP contribution in [-0.2, 0) is 6.42 Å². The number of carbonyl (C=O) groups excluding carboxylic acids is 1. The molecule has 0 fully saturated rings. The van der Waals surface area contributed by atoms with Crippen molar-refractivity contribution in [3.05, 3.63) is 48.0 Å². The highest BCUT2D eigenvalue weighted by Gasteiger charge is 2.07. The molecule has 0 atom stereocenters. The van der Waals surface area contributed by atoms with Crippen LogP contribution in [-0.4, -0.2) is 15.8 Å². The van der Waals surface area contributed by atoms with Gasteiger partial charge in [-0.1, -0.05) is 6.92 Å². The molecule has 0 saturated heterocycles. The number of pyridine rings is 1. The summed E-state index contributed by atoms with van der Waals surface area (Å²) in [5.41, 5.74) is 2.71. The highest BCUT2D eigenvalue weighted by Crippen LogP contribution is 2.15. The average Bonchev–Trinajstić information content (AvgIpc) is 2.72. The van der Waals surface area contributed by atoms with E-state index in [9.17, 15) is 4.79 Å². The SMILES string of the molecule is CCc1ccc(C=O)n1-c1cccnc1. The first-order chi connectivity index (χ1) is 7.36. The van der Waals surface area contributed by atoms with Crippen molar-refractivity contribution in [2.24, 2.45) is 0 Å². The fourth-order valence-electron chi connectivity index (χ4n) is 1.67. The van der Waals surface area contributed by atoms with Crippen molar-refractivity contribution < 1.29 is 4.79 Å².